The van der Waals surface area contributed by atoms with Crippen molar-refractivity contribution in [3.05, 3.63) is 52.6 Å². The van der Waals surface area contributed by atoms with Crippen molar-refractivity contribution in [2.45, 2.75) is 26.4 Å². The Labute approximate surface area is 159 Å². The molecule has 3 amide bonds. The van der Waals surface area contributed by atoms with Gasteiger partial charge in [-0.25, -0.2) is 23.5 Å². The van der Waals surface area contributed by atoms with Gasteiger partial charge in [-0.1, -0.05) is 0 Å². The van der Waals surface area contributed by atoms with E-state index in [4.69, 9.17) is 5.26 Å². The van der Waals surface area contributed by atoms with Gasteiger partial charge in [0.2, 0.25) is 11.7 Å². The molecule has 144 valence electrons. The lowest BCUT2D eigenvalue weighted by Crippen LogP contribution is -2.45. The summed E-state index contributed by atoms with van der Waals surface area (Å²) in [6.45, 7) is 2.82. The van der Waals surface area contributed by atoms with E-state index in [2.05, 4.69) is 20.6 Å². The number of nitriles is 1. The maximum absolute atomic E-state index is 14.0. The molecule has 0 radical (unpaired) electrons. The van der Waals surface area contributed by atoms with Crippen molar-refractivity contribution in [3.63, 3.8) is 0 Å². The minimum atomic E-state index is -1.05. The van der Waals surface area contributed by atoms with Crippen LogP contribution in [0.15, 0.2) is 18.3 Å². The number of carbonyl (C=O) groups excluding carboxylic acids is 2. The molecule has 1 aliphatic rings. The second-order valence-corrected chi connectivity index (χ2v) is 6.31. The minimum absolute atomic E-state index is 0.0169. The fourth-order valence-electron chi connectivity index (χ4n) is 2.94. The molecule has 0 unspecified atom stereocenters. The number of amides is 3. The lowest BCUT2D eigenvalue weighted by atomic mass is 10.1. The quantitative estimate of drug-likeness (QED) is 0.837. The topological polar surface area (TPSA) is 111 Å². The summed E-state index contributed by atoms with van der Waals surface area (Å²) in [6.07, 6.45) is 1.45. The molecule has 0 bridgehead atoms. The van der Waals surface area contributed by atoms with Crippen LogP contribution in [0.25, 0.3) is 0 Å². The number of aryl methyl sites for hydroxylation is 1. The van der Waals surface area contributed by atoms with E-state index in [1.54, 1.807) is 13.8 Å². The Bertz CT molecular complexity index is 1000. The van der Waals surface area contributed by atoms with Gasteiger partial charge in [-0.3, -0.25) is 4.79 Å². The van der Waals surface area contributed by atoms with Gasteiger partial charge in [0.1, 0.15) is 12.6 Å². The van der Waals surface area contributed by atoms with Gasteiger partial charge in [0.25, 0.3) is 0 Å². The first-order valence-electron chi connectivity index (χ1n) is 8.36. The average molecular weight is 386 g/mol. The number of hydrogen-bond donors (Lipinski definition) is 2. The minimum Gasteiger partial charge on any atom is -0.348 e. The summed E-state index contributed by atoms with van der Waals surface area (Å²) in [5.41, 5.74) is 1.33. The maximum Gasteiger partial charge on any atom is 0.322 e. The number of nitrogens with zero attached hydrogens (tertiary/aromatic N) is 4. The van der Waals surface area contributed by atoms with E-state index < -0.39 is 29.6 Å². The highest BCUT2D eigenvalue weighted by molar-refractivity contribution is 5.94. The van der Waals surface area contributed by atoms with E-state index in [0.29, 0.717) is 11.3 Å². The molecule has 1 aliphatic heterocycles. The molecule has 3 rings (SSSR count). The Hall–Kier alpha value is -3.61. The van der Waals surface area contributed by atoms with E-state index >= 15 is 0 Å². The summed E-state index contributed by atoms with van der Waals surface area (Å²) in [5.74, 6) is -2.55. The Morgan fingerprint density at radius 1 is 1.46 bits per heavy atom. The highest BCUT2D eigenvalue weighted by Crippen LogP contribution is 2.27. The van der Waals surface area contributed by atoms with Crippen molar-refractivity contribution < 1.29 is 18.4 Å². The summed E-state index contributed by atoms with van der Waals surface area (Å²) in [6, 6.07) is 2.98. The smallest absolute Gasteiger partial charge is 0.322 e. The van der Waals surface area contributed by atoms with Gasteiger partial charge in [0.05, 0.1) is 18.3 Å². The molecule has 1 aromatic carbocycles. The summed E-state index contributed by atoms with van der Waals surface area (Å²) in [4.78, 5) is 33.5. The lowest BCUT2D eigenvalue weighted by Gasteiger charge is -2.29. The number of nitrogens with one attached hydrogen (secondary N) is 2. The van der Waals surface area contributed by atoms with Gasteiger partial charge in [-0.15, -0.1) is 0 Å². The van der Waals surface area contributed by atoms with Crippen molar-refractivity contribution in [2.24, 2.45) is 0 Å². The number of halogens is 2. The van der Waals surface area contributed by atoms with Crippen molar-refractivity contribution in [1.29, 1.82) is 5.26 Å². The first-order valence-corrected chi connectivity index (χ1v) is 8.36. The molecule has 1 atom stereocenters. The zero-order valence-corrected chi connectivity index (χ0v) is 15.1. The van der Waals surface area contributed by atoms with Crippen LogP contribution in [0.2, 0.25) is 0 Å². The predicted molar refractivity (Wildman–Crippen MR) is 93.8 cm³/mol. The second kappa shape index (κ2) is 7.56. The van der Waals surface area contributed by atoms with Crippen molar-refractivity contribution in [3.8, 4) is 6.07 Å². The zero-order valence-electron chi connectivity index (χ0n) is 15.1. The standard InChI is InChI=1S/C18H16F2N6O2/c1-9-11(6-22-15(5-21)23-9)10(2)24-16(27)8-26-7-12-14(25-18(26)28)4-3-13(19)17(12)20/h3-4,6,10H,7-8H2,1-2H3,(H,24,27)(H,25,28)/t10-/m1/s1. The third kappa shape index (κ3) is 3.73. The van der Waals surface area contributed by atoms with Crippen LogP contribution in [0.3, 0.4) is 0 Å². The Morgan fingerprint density at radius 2 is 2.21 bits per heavy atom. The molecule has 8 nitrogen and oxygen atoms in total. The highest BCUT2D eigenvalue weighted by atomic mass is 19.2. The van der Waals surface area contributed by atoms with E-state index in [-0.39, 0.29) is 30.2 Å². The average Bonchev–Trinajstić information content (AvgIpc) is 2.65. The van der Waals surface area contributed by atoms with Crippen molar-refractivity contribution in [2.75, 3.05) is 11.9 Å². The first kappa shape index (κ1) is 19.2. The number of aromatic nitrogens is 2. The van der Waals surface area contributed by atoms with E-state index in [0.717, 1.165) is 11.0 Å². The van der Waals surface area contributed by atoms with Crippen LogP contribution in [0.4, 0.5) is 19.3 Å². The lowest BCUT2D eigenvalue weighted by molar-refractivity contribution is -0.122. The molecular formula is C18H16F2N6O2. The van der Waals surface area contributed by atoms with Crippen molar-refractivity contribution >= 4 is 17.6 Å². The Morgan fingerprint density at radius 3 is 2.89 bits per heavy atom. The fourth-order valence-corrected chi connectivity index (χ4v) is 2.94. The number of rotatable bonds is 4. The molecule has 2 heterocycles. The third-order valence-electron chi connectivity index (χ3n) is 4.37. The van der Waals surface area contributed by atoms with E-state index in [1.807, 2.05) is 6.07 Å². The van der Waals surface area contributed by atoms with Gasteiger partial charge >= 0.3 is 6.03 Å². The fraction of sp³-hybridized carbons (Fsp3) is 0.278. The molecule has 10 heteroatoms. The van der Waals surface area contributed by atoms with Crippen LogP contribution in [0.5, 0.6) is 0 Å². The summed E-state index contributed by atoms with van der Waals surface area (Å²) in [7, 11) is 0. The first-order chi connectivity index (χ1) is 13.3. The highest BCUT2D eigenvalue weighted by Gasteiger charge is 2.28. The third-order valence-corrected chi connectivity index (χ3v) is 4.37. The van der Waals surface area contributed by atoms with Gasteiger partial charge in [0, 0.05) is 23.0 Å². The molecule has 0 aliphatic carbocycles. The molecule has 2 N–H and O–H groups in total. The molecule has 0 spiro atoms. The second-order valence-electron chi connectivity index (χ2n) is 6.31. The summed E-state index contributed by atoms with van der Waals surface area (Å²) in [5, 5.41) is 14.0. The van der Waals surface area contributed by atoms with Crippen LogP contribution in [-0.4, -0.2) is 33.4 Å². The number of urea groups is 1. The predicted octanol–water partition coefficient (Wildman–Crippen LogP) is 2.16. The van der Waals surface area contributed by atoms with Crippen LogP contribution in [-0.2, 0) is 11.3 Å². The van der Waals surface area contributed by atoms with Gasteiger partial charge in [-0.05, 0) is 26.0 Å². The normalized spacial score (nSPS) is 14.0. The Kier molecular flexibility index (Phi) is 5.17. The Balaban J connectivity index is 1.68. The molecule has 2 aromatic rings. The van der Waals surface area contributed by atoms with Gasteiger partial charge in [0.15, 0.2) is 11.6 Å². The van der Waals surface area contributed by atoms with E-state index in [9.17, 15) is 18.4 Å². The molecule has 0 fully saturated rings. The van der Waals surface area contributed by atoms with Gasteiger partial charge < -0.3 is 15.5 Å². The monoisotopic (exact) mass is 386 g/mol. The number of fused-ring (bicyclic) bond motifs is 1. The number of benzene rings is 1. The molecule has 28 heavy (non-hydrogen) atoms. The van der Waals surface area contributed by atoms with Gasteiger partial charge in [-0.2, -0.15) is 5.26 Å². The van der Waals surface area contributed by atoms with Crippen LogP contribution >= 0.6 is 0 Å². The number of carbonyl (C=O) groups is 2. The molecule has 1 aromatic heterocycles. The maximum atomic E-state index is 14.0. The molecule has 0 saturated carbocycles. The van der Waals surface area contributed by atoms with E-state index in [1.165, 1.54) is 12.3 Å². The van der Waals surface area contributed by atoms with Crippen LogP contribution < -0.4 is 10.6 Å². The van der Waals surface area contributed by atoms with Crippen LogP contribution in [0.1, 0.15) is 35.6 Å². The number of hydrogen-bond acceptors (Lipinski definition) is 5. The molecular weight excluding hydrogens is 370 g/mol. The zero-order chi connectivity index (χ0) is 20.4. The summed E-state index contributed by atoms with van der Waals surface area (Å²) >= 11 is 0. The largest absolute Gasteiger partial charge is 0.348 e. The van der Waals surface area contributed by atoms with Crippen LogP contribution in [0, 0.1) is 29.9 Å². The van der Waals surface area contributed by atoms with Crippen molar-refractivity contribution in [1.82, 2.24) is 20.2 Å². The summed E-state index contributed by atoms with van der Waals surface area (Å²) < 4.78 is 27.4. The SMILES string of the molecule is Cc1nc(C#N)ncc1[C@@H](C)NC(=O)CN1Cc2c(ccc(F)c2F)NC1=O. The molecule has 0 saturated heterocycles. The number of anilines is 1.